The van der Waals surface area contributed by atoms with E-state index in [0.717, 1.165) is 28.1 Å². The predicted octanol–water partition coefficient (Wildman–Crippen LogP) is 5.11. The average molecular weight is 422 g/mol. The molecule has 2 aliphatic heterocycles. The van der Waals surface area contributed by atoms with Crippen molar-refractivity contribution in [3.05, 3.63) is 124 Å². The van der Waals surface area contributed by atoms with Gasteiger partial charge in [-0.15, -0.1) is 0 Å². The number of nitrogens with zero attached hydrogens (tertiary/aromatic N) is 2. The molecule has 0 radical (unpaired) electrons. The van der Waals surface area contributed by atoms with Gasteiger partial charge in [-0.25, -0.2) is 4.98 Å². The summed E-state index contributed by atoms with van der Waals surface area (Å²) in [4.78, 5) is 21.7. The highest BCUT2D eigenvalue weighted by Gasteiger charge is 2.24. The Morgan fingerprint density at radius 3 is 2.28 bits per heavy atom. The smallest absolute Gasteiger partial charge is 0.278 e. The lowest BCUT2D eigenvalue weighted by molar-refractivity contribution is 0.475. The standard InChI is InChI=1S/C27H23N3O2/c1-18(20-10-6-3-7-11-20)25-27(32)30-17-24(21-12-14-22(31)15-13-21)28-23(26(30)29-25)16-19-8-4-2-5-9-19/h2-15,17-18,28,31H,16H2,1H3. The van der Waals surface area contributed by atoms with Gasteiger partial charge in [-0.05, 0) is 41.0 Å². The molecule has 2 aliphatic rings. The van der Waals surface area contributed by atoms with E-state index in [9.17, 15) is 9.90 Å². The fraction of sp³-hybridized carbons (Fsp3) is 0.111. The summed E-state index contributed by atoms with van der Waals surface area (Å²) in [6.07, 6.45) is 2.42. The van der Waals surface area contributed by atoms with Crippen LogP contribution in [0.4, 0.5) is 0 Å². The Bertz CT molecular complexity index is 1370. The first-order chi connectivity index (χ1) is 15.6. The highest BCUT2D eigenvalue weighted by Crippen LogP contribution is 2.27. The summed E-state index contributed by atoms with van der Waals surface area (Å²) >= 11 is 0. The van der Waals surface area contributed by atoms with Gasteiger partial charge in [0.05, 0.1) is 11.4 Å². The first-order valence-electron chi connectivity index (χ1n) is 10.6. The van der Waals surface area contributed by atoms with Crippen LogP contribution in [0.1, 0.15) is 35.4 Å². The number of phenols is 1. The minimum Gasteiger partial charge on any atom is -0.508 e. The normalized spacial score (nSPS) is 12.2. The van der Waals surface area contributed by atoms with Crippen LogP contribution < -0.4 is 5.56 Å². The Kier molecular flexibility index (Phi) is 5.07. The van der Waals surface area contributed by atoms with Crippen molar-refractivity contribution in [2.75, 3.05) is 0 Å². The molecule has 32 heavy (non-hydrogen) atoms. The molecule has 0 amide bonds. The number of aromatic amines is 1. The topological polar surface area (TPSA) is 70.9 Å². The zero-order valence-electron chi connectivity index (χ0n) is 17.7. The van der Waals surface area contributed by atoms with Gasteiger partial charge in [-0.1, -0.05) is 67.6 Å². The van der Waals surface area contributed by atoms with Gasteiger partial charge in [0, 0.05) is 18.5 Å². The number of benzene rings is 3. The maximum Gasteiger partial charge on any atom is 0.278 e. The van der Waals surface area contributed by atoms with Gasteiger partial charge in [0.1, 0.15) is 11.4 Å². The number of aromatic hydroxyl groups is 1. The van der Waals surface area contributed by atoms with Crippen LogP contribution >= 0.6 is 0 Å². The molecule has 158 valence electrons. The molecule has 0 saturated carbocycles. The van der Waals surface area contributed by atoms with Crippen molar-refractivity contribution in [3.63, 3.8) is 0 Å². The van der Waals surface area contributed by atoms with Crippen molar-refractivity contribution in [1.82, 2.24) is 14.5 Å². The lowest BCUT2D eigenvalue weighted by atomic mass is 9.98. The van der Waals surface area contributed by atoms with Gasteiger partial charge in [0.15, 0.2) is 5.82 Å². The van der Waals surface area contributed by atoms with E-state index < -0.39 is 0 Å². The second kappa shape index (κ2) is 8.19. The van der Waals surface area contributed by atoms with Crippen LogP contribution in [0.25, 0.3) is 17.1 Å². The summed E-state index contributed by atoms with van der Waals surface area (Å²) in [6, 6.07) is 27.0. The van der Waals surface area contributed by atoms with Crippen LogP contribution in [0.15, 0.2) is 95.9 Å². The molecule has 0 aliphatic carbocycles. The number of hydrogen-bond donors (Lipinski definition) is 2. The second-order valence-corrected chi connectivity index (χ2v) is 7.98. The van der Waals surface area contributed by atoms with Gasteiger partial charge < -0.3 is 10.1 Å². The third-order valence-electron chi connectivity index (χ3n) is 5.82. The van der Waals surface area contributed by atoms with E-state index in [2.05, 4.69) is 17.1 Å². The van der Waals surface area contributed by atoms with Crippen molar-refractivity contribution in [2.45, 2.75) is 19.3 Å². The van der Waals surface area contributed by atoms with E-state index in [-0.39, 0.29) is 17.2 Å². The monoisotopic (exact) mass is 421 g/mol. The summed E-state index contributed by atoms with van der Waals surface area (Å²) in [5.41, 5.74) is 5.13. The van der Waals surface area contributed by atoms with E-state index in [0.29, 0.717) is 17.9 Å². The Labute approximate surface area is 186 Å². The first kappa shape index (κ1) is 19.8. The summed E-state index contributed by atoms with van der Waals surface area (Å²) in [5.74, 6) is 0.718. The predicted molar refractivity (Wildman–Crippen MR) is 126 cm³/mol. The Morgan fingerprint density at radius 1 is 0.938 bits per heavy atom. The molecule has 5 rings (SSSR count). The van der Waals surface area contributed by atoms with E-state index in [1.54, 1.807) is 22.9 Å². The molecule has 0 saturated heterocycles. The molecule has 0 bridgehead atoms. The van der Waals surface area contributed by atoms with Crippen molar-refractivity contribution < 1.29 is 5.11 Å². The number of rotatable bonds is 5. The Hall–Kier alpha value is -4.12. The molecule has 0 spiro atoms. The zero-order chi connectivity index (χ0) is 22.1. The highest BCUT2D eigenvalue weighted by atomic mass is 16.3. The number of H-pyrrole nitrogens is 1. The van der Waals surface area contributed by atoms with E-state index in [1.165, 1.54) is 0 Å². The lowest BCUT2D eigenvalue weighted by Gasteiger charge is -2.13. The number of nitrogens with one attached hydrogen (secondary N) is 1. The molecule has 1 atom stereocenters. The minimum absolute atomic E-state index is 0.111. The lowest BCUT2D eigenvalue weighted by Crippen LogP contribution is -2.19. The molecule has 3 aromatic rings. The van der Waals surface area contributed by atoms with E-state index >= 15 is 0 Å². The van der Waals surface area contributed by atoms with Crippen molar-refractivity contribution in [2.24, 2.45) is 0 Å². The van der Waals surface area contributed by atoms with E-state index in [4.69, 9.17) is 4.98 Å². The fourth-order valence-electron chi connectivity index (χ4n) is 4.04. The first-order valence-corrected chi connectivity index (χ1v) is 10.6. The number of hydrogen-bond acceptors (Lipinski definition) is 3. The van der Waals surface area contributed by atoms with Crippen molar-refractivity contribution in [1.29, 1.82) is 0 Å². The summed E-state index contributed by atoms with van der Waals surface area (Å²) < 4.78 is 1.64. The quantitative estimate of drug-likeness (QED) is 0.414. The molecular formula is C27H23N3O2. The maximum absolute atomic E-state index is 13.4. The average Bonchev–Trinajstić information content (AvgIpc) is 3.17. The molecule has 3 aromatic carbocycles. The van der Waals surface area contributed by atoms with Crippen LogP contribution in [0.3, 0.4) is 0 Å². The van der Waals surface area contributed by atoms with Crippen LogP contribution in [0.5, 0.6) is 5.75 Å². The van der Waals surface area contributed by atoms with Crippen LogP contribution in [0.2, 0.25) is 0 Å². The van der Waals surface area contributed by atoms with Crippen LogP contribution in [-0.4, -0.2) is 19.6 Å². The van der Waals surface area contributed by atoms with Crippen molar-refractivity contribution >= 4 is 0 Å². The summed E-state index contributed by atoms with van der Waals surface area (Å²) in [6.45, 7) is 2.01. The second-order valence-electron chi connectivity index (χ2n) is 7.98. The number of aromatic nitrogens is 3. The van der Waals surface area contributed by atoms with Gasteiger partial charge in [0.2, 0.25) is 0 Å². The molecule has 0 aromatic heterocycles. The Balaban J connectivity index is 1.68. The summed E-state index contributed by atoms with van der Waals surface area (Å²) in [5, 5.41) is 9.67. The molecule has 5 heteroatoms. The van der Waals surface area contributed by atoms with Crippen LogP contribution in [0, 0.1) is 0 Å². The van der Waals surface area contributed by atoms with Gasteiger partial charge in [-0.3, -0.25) is 9.36 Å². The maximum atomic E-state index is 13.4. The fourth-order valence-corrected chi connectivity index (χ4v) is 4.04. The molecule has 1 unspecified atom stereocenters. The van der Waals surface area contributed by atoms with Gasteiger partial charge in [0.25, 0.3) is 5.56 Å². The SMILES string of the molecule is CC(c1ccccc1)c1nc2c(Cc3ccccc3)[nH]c(-c3ccc(O)cc3)cn-2c1=O. The molecule has 2 N–H and O–H groups in total. The molecule has 0 fully saturated rings. The summed E-state index contributed by atoms with van der Waals surface area (Å²) in [7, 11) is 0. The van der Waals surface area contributed by atoms with Gasteiger partial charge in [-0.2, -0.15) is 0 Å². The van der Waals surface area contributed by atoms with Crippen LogP contribution in [-0.2, 0) is 6.42 Å². The van der Waals surface area contributed by atoms with Crippen molar-refractivity contribution in [3.8, 4) is 22.8 Å². The Morgan fingerprint density at radius 2 is 1.59 bits per heavy atom. The zero-order valence-corrected chi connectivity index (χ0v) is 17.7. The third-order valence-corrected chi connectivity index (χ3v) is 5.82. The largest absolute Gasteiger partial charge is 0.508 e. The molecule has 2 heterocycles. The molecular weight excluding hydrogens is 398 g/mol. The number of imidazole rings is 1. The number of phenolic OH excluding ortho intramolecular Hbond substituents is 1. The van der Waals surface area contributed by atoms with E-state index in [1.807, 2.05) is 67.6 Å². The third kappa shape index (κ3) is 3.69. The number of fused-ring (bicyclic) bond motifs is 1. The minimum atomic E-state index is -0.120. The van der Waals surface area contributed by atoms with Gasteiger partial charge >= 0.3 is 0 Å². The molecule has 5 nitrogen and oxygen atoms in total. The highest BCUT2D eigenvalue weighted by molar-refractivity contribution is 5.61.